The Balaban J connectivity index is 1.69. The van der Waals surface area contributed by atoms with Gasteiger partial charge in [-0.3, -0.25) is 19.7 Å². The van der Waals surface area contributed by atoms with Gasteiger partial charge in [0, 0.05) is 22.0 Å². The third-order valence-corrected chi connectivity index (χ3v) is 7.13. The normalized spacial score (nSPS) is 26.8. The highest BCUT2D eigenvalue weighted by atomic mass is 16.6. The summed E-state index contributed by atoms with van der Waals surface area (Å²) in [6.07, 6.45) is 0. The fraction of sp³-hybridized carbons (Fsp3) is 0.160. The van der Waals surface area contributed by atoms with Crippen LogP contribution in [0.2, 0.25) is 0 Å². The Kier molecular flexibility index (Phi) is 3.52. The van der Waals surface area contributed by atoms with Crippen LogP contribution in [0, 0.1) is 33.3 Å². The number of amides is 2. The van der Waals surface area contributed by atoms with Crippen LogP contribution < -0.4 is 4.90 Å². The third kappa shape index (κ3) is 1.90. The van der Waals surface area contributed by atoms with Crippen LogP contribution in [0.3, 0.4) is 0 Å². The molecule has 2 atom stereocenters. The van der Waals surface area contributed by atoms with Gasteiger partial charge in [0.15, 0.2) is 0 Å². The Morgan fingerprint density at radius 3 is 2.03 bits per heavy atom. The lowest BCUT2D eigenvalue weighted by Crippen LogP contribution is -2.57. The molecule has 0 radical (unpaired) electrons. The number of benzene rings is 3. The number of carbonyl (C=O) groups is 2. The molecule has 3 aliphatic carbocycles. The van der Waals surface area contributed by atoms with Crippen LogP contribution in [0.4, 0.5) is 5.69 Å². The number of carbonyl (C=O) groups excluding carboxylic acids is 2. The first-order valence-corrected chi connectivity index (χ1v) is 10.2. The van der Waals surface area contributed by atoms with Crippen LogP contribution in [-0.2, 0) is 15.1 Å². The number of hydrogen-bond acceptors (Lipinski definition) is 5. The lowest BCUT2D eigenvalue weighted by Gasteiger charge is -2.48. The fourth-order valence-corrected chi connectivity index (χ4v) is 6.04. The van der Waals surface area contributed by atoms with Gasteiger partial charge in [-0.1, -0.05) is 60.7 Å². The molecule has 0 aromatic heterocycles. The minimum Gasteiger partial charge on any atom is -0.274 e. The van der Waals surface area contributed by atoms with E-state index in [-0.39, 0.29) is 11.3 Å². The largest absolute Gasteiger partial charge is 0.285 e. The first-order chi connectivity index (χ1) is 15.5. The topological polar surface area (TPSA) is 104 Å². The molecular formula is C25H15N3O4. The van der Waals surface area contributed by atoms with E-state index in [1.54, 1.807) is 48.5 Å². The molecule has 0 spiro atoms. The highest BCUT2D eigenvalue weighted by Gasteiger charge is 2.74. The predicted molar refractivity (Wildman–Crippen MR) is 113 cm³/mol. The van der Waals surface area contributed by atoms with Gasteiger partial charge in [-0.15, -0.1) is 0 Å². The Labute approximate surface area is 182 Å². The lowest BCUT2D eigenvalue weighted by atomic mass is 9.51. The molecule has 7 rings (SSSR count). The molecule has 0 saturated carbocycles. The van der Waals surface area contributed by atoms with E-state index < -0.39 is 40.0 Å². The van der Waals surface area contributed by atoms with Gasteiger partial charge in [-0.25, -0.2) is 4.90 Å². The molecule has 1 aliphatic heterocycles. The second-order valence-corrected chi connectivity index (χ2v) is 8.32. The molecule has 7 heteroatoms. The van der Waals surface area contributed by atoms with Crippen molar-refractivity contribution in [1.82, 2.24) is 0 Å². The smallest absolute Gasteiger partial charge is 0.274 e. The maximum atomic E-state index is 13.8. The molecule has 2 amide bonds. The first kappa shape index (κ1) is 18.5. The van der Waals surface area contributed by atoms with Gasteiger partial charge in [-0.2, -0.15) is 5.26 Å². The number of nitro groups is 1. The summed E-state index contributed by atoms with van der Waals surface area (Å²) in [5, 5.41) is 22.4. The molecule has 7 nitrogen and oxygen atoms in total. The van der Waals surface area contributed by atoms with Gasteiger partial charge in [0.1, 0.15) is 12.0 Å². The fourth-order valence-electron chi connectivity index (χ4n) is 6.04. The van der Waals surface area contributed by atoms with Crippen molar-refractivity contribution in [2.24, 2.45) is 11.8 Å². The van der Waals surface area contributed by atoms with E-state index in [4.69, 9.17) is 0 Å². The van der Waals surface area contributed by atoms with Crippen molar-refractivity contribution in [3.63, 3.8) is 0 Å². The molecule has 0 N–H and O–H groups in total. The highest BCUT2D eigenvalue weighted by molar-refractivity contribution is 6.24. The van der Waals surface area contributed by atoms with Crippen LogP contribution in [0.1, 0.15) is 33.7 Å². The van der Waals surface area contributed by atoms with E-state index in [1.165, 1.54) is 12.1 Å². The van der Waals surface area contributed by atoms with Crippen molar-refractivity contribution in [1.29, 1.82) is 5.26 Å². The van der Waals surface area contributed by atoms with E-state index in [0.29, 0.717) is 22.3 Å². The number of rotatable bonds is 2. The molecule has 1 saturated heterocycles. The number of imide groups is 1. The summed E-state index contributed by atoms with van der Waals surface area (Å²) in [6, 6.07) is 22.4. The van der Waals surface area contributed by atoms with Crippen LogP contribution in [-0.4, -0.2) is 16.7 Å². The summed E-state index contributed by atoms with van der Waals surface area (Å²) in [5.41, 5.74) is 0.825. The summed E-state index contributed by atoms with van der Waals surface area (Å²) in [6.45, 7) is 0. The molecule has 4 aliphatic rings. The zero-order chi connectivity index (χ0) is 22.2. The number of nitrogens with zero attached hydrogens (tertiary/aromatic N) is 3. The number of para-hydroxylation sites is 1. The molecule has 32 heavy (non-hydrogen) atoms. The van der Waals surface area contributed by atoms with Crippen molar-refractivity contribution < 1.29 is 14.5 Å². The van der Waals surface area contributed by atoms with Gasteiger partial charge in [-0.05, 0) is 23.3 Å². The number of nitriles is 1. The van der Waals surface area contributed by atoms with E-state index in [9.17, 15) is 25.0 Å². The molecule has 2 bridgehead atoms. The van der Waals surface area contributed by atoms with Crippen molar-refractivity contribution >= 4 is 17.5 Å². The van der Waals surface area contributed by atoms with Gasteiger partial charge < -0.3 is 0 Å². The molecule has 154 valence electrons. The molecule has 1 fully saturated rings. The van der Waals surface area contributed by atoms with Crippen molar-refractivity contribution in [2.75, 3.05) is 4.90 Å². The third-order valence-electron chi connectivity index (χ3n) is 7.13. The molecule has 3 aromatic rings. The average molecular weight is 421 g/mol. The molecule has 0 unspecified atom stereocenters. The molecule has 1 heterocycles. The van der Waals surface area contributed by atoms with Crippen molar-refractivity contribution in [3.05, 3.63) is 111 Å². The Bertz CT molecular complexity index is 1360. The zero-order valence-electron chi connectivity index (χ0n) is 16.6. The second kappa shape index (κ2) is 6.11. The first-order valence-electron chi connectivity index (χ1n) is 10.2. The maximum absolute atomic E-state index is 13.8. The summed E-state index contributed by atoms with van der Waals surface area (Å²) < 4.78 is 0. The van der Waals surface area contributed by atoms with Crippen LogP contribution in [0.25, 0.3) is 0 Å². The minimum atomic E-state index is -1.87. The highest BCUT2D eigenvalue weighted by Crippen LogP contribution is 2.64. The maximum Gasteiger partial charge on any atom is 0.285 e. The quantitative estimate of drug-likeness (QED) is 0.359. The van der Waals surface area contributed by atoms with E-state index in [2.05, 4.69) is 0 Å². The average Bonchev–Trinajstić information content (AvgIpc) is 3.09. The lowest BCUT2D eigenvalue weighted by molar-refractivity contribution is -0.578. The SMILES string of the molecule is N#Cc1ccccc1N1C(=O)[C@@H]2[C@@H](C1=O)C1c3ccccc3C2([N+](=O)[O-])c2ccccc21. The van der Waals surface area contributed by atoms with E-state index >= 15 is 0 Å². The summed E-state index contributed by atoms with van der Waals surface area (Å²) in [7, 11) is 0. The Morgan fingerprint density at radius 2 is 1.44 bits per heavy atom. The van der Waals surface area contributed by atoms with Crippen LogP contribution >= 0.6 is 0 Å². The summed E-state index contributed by atoms with van der Waals surface area (Å²) in [5.74, 6) is -3.70. The van der Waals surface area contributed by atoms with E-state index in [1.807, 2.05) is 18.2 Å². The molecular weight excluding hydrogens is 406 g/mol. The van der Waals surface area contributed by atoms with E-state index in [0.717, 1.165) is 4.90 Å². The predicted octanol–water partition coefficient (Wildman–Crippen LogP) is 3.34. The van der Waals surface area contributed by atoms with Gasteiger partial charge in [0.2, 0.25) is 11.8 Å². The molecule has 3 aromatic carbocycles. The van der Waals surface area contributed by atoms with Gasteiger partial charge in [0.05, 0.1) is 17.2 Å². The summed E-state index contributed by atoms with van der Waals surface area (Å²) in [4.78, 5) is 41.1. The van der Waals surface area contributed by atoms with Crippen molar-refractivity contribution in [3.8, 4) is 6.07 Å². The standard InChI is InChI=1S/C25H15N3O4/c26-13-14-7-1-6-12-19(14)27-23(29)21-20-15-8-2-4-10-17(15)25(28(31)32,22(21)24(27)30)18-11-5-3-9-16(18)20/h1-12,20-22H/t20?,21-,22-,25?/m0/s1. The Morgan fingerprint density at radius 1 is 0.875 bits per heavy atom. The Hall–Kier alpha value is -4.31. The van der Waals surface area contributed by atoms with Crippen LogP contribution in [0.5, 0.6) is 0 Å². The van der Waals surface area contributed by atoms with Gasteiger partial charge in [0.25, 0.3) is 5.54 Å². The van der Waals surface area contributed by atoms with Crippen molar-refractivity contribution in [2.45, 2.75) is 11.5 Å². The summed E-state index contributed by atoms with van der Waals surface area (Å²) >= 11 is 0. The zero-order valence-corrected chi connectivity index (χ0v) is 16.6. The number of anilines is 1. The van der Waals surface area contributed by atoms with Crippen LogP contribution in [0.15, 0.2) is 72.8 Å². The monoisotopic (exact) mass is 421 g/mol. The number of hydrogen-bond donors (Lipinski definition) is 0. The minimum absolute atomic E-state index is 0.172. The second-order valence-electron chi connectivity index (χ2n) is 8.32. The van der Waals surface area contributed by atoms with Gasteiger partial charge >= 0.3 is 0 Å².